The molecule has 0 aliphatic heterocycles. The third-order valence-corrected chi connectivity index (χ3v) is 5.90. The van der Waals surface area contributed by atoms with Crippen molar-refractivity contribution in [3.05, 3.63) is 32.6 Å². The van der Waals surface area contributed by atoms with Gasteiger partial charge in [-0.3, -0.25) is 14.3 Å². The van der Waals surface area contributed by atoms with Crippen molar-refractivity contribution in [3.8, 4) is 0 Å². The summed E-state index contributed by atoms with van der Waals surface area (Å²) in [6.07, 6.45) is 5.76. The van der Waals surface area contributed by atoms with Crippen molar-refractivity contribution in [3.63, 3.8) is 0 Å². The van der Waals surface area contributed by atoms with Crippen LogP contribution in [0, 0.1) is 18.8 Å². The number of aryl methyl sites for hydroxylation is 1. The molecule has 1 heterocycles. The first-order valence-electron chi connectivity index (χ1n) is 8.79. The molecule has 3 atom stereocenters. The van der Waals surface area contributed by atoms with Crippen LogP contribution in [-0.2, 0) is 20.6 Å². The average molecular weight is 404 g/mol. The molecule has 0 saturated heterocycles. The highest BCUT2D eigenvalue weighted by molar-refractivity contribution is 7.53. The minimum absolute atomic E-state index is 0.0401. The van der Waals surface area contributed by atoms with Crippen LogP contribution in [0.1, 0.15) is 37.7 Å². The van der Waals surface area contributed by atoms with Crippen LogP contribution in [-0.4, -0.2) is 42.9 Å². The molecule has 1 aliphatic carbocycles. The van der Waals surface area contributed by atoms with E-state index in [9.17, 15) is 18.9 Å². The monoisotopic (exact) mass is 404 g/mol. The van der Waals surface area contributed by atoms with Gasteiger partial charge in [0.15, 0.2) is 0 Å². The lowest BCUT2D eigenvalue weighted by Crippen LogP contribution is -2.35. The molecule has 2 rings (SSSR count). The second-order valence-electron chi connectivity index (χ2n) is 6.99. The van der Waals surface area contributed by atoms with Gasteiger partial charge in [-0.05, 0) is 31.6 Å². The first kappa shape index (κ1) is 21.6. The fourth-order valence-corrected chi connectivity index (χ4v) is 4.02. The van der Waals surface area contributed by atoms with Crippen molar-refractivity contribution >= 4 is 13.6 Å². The smallest absolute Gasteiger partial charge is 0.365 e. The van der Waals surface area contributed by atoms with Crippen molar-refractivity contribution in [1.29, 1.82) is 0 Å². The fraction of sp³-hybridized carbons (Fsp3) is 0.688. The number of nitrogens with one attached hydrogen (secondary N) is 1. The summed E-state index contributed by atoms with van der Waals surface area (Å²) in [7, 11) is -4.93. The highest BCUT2D eigenvalue weighted by Gasteiger charge is 2.38. The zero-order valence-corrected chi connectivity index (χ0v) is 15.9. The Morgan fingerprint density at radius 1 is 1.30 bits per heavy atom. The standard InChI is InChI=1S/C16H25N2O8P/c1-10-7-18(16(22)17-13(10)19)8-11-5-3-2-4-6-12(11)9-26-15(14(20)21)27(23,24)25/h7,11-12,15H,2-6,8-9H2,1H3,(H,20,21)(H,17,19,22)(H2,23,24,25). The summed E-state index contributed by atoms with van der Waals surface area (Å²) < 4.78 is 17.8. The Bertz CT molecular complexity index is 826. The molecule has 1 aromatic heterocycles. The van der Waals surface area contributed by atoms with Gasteiger partial charge >= 0.3 is 19.3 Å². The molecule has 0 radical (unpaired) electrons. The summed E-state index contributed by atoms with van der Waals surface area (Å²) in [4.78, 5) is 55.2. The molecule has 1 aliphatic rings. The van der Waals surface area contributed by atoms with Crippen LogP contribution in [0.15, 0.2) is 15.8 Å². The molecule has 0 aromatic carbocycles. The number of rotatable bonds is 7. The average Bonchev–Trinajstić information content (AvgIpc) is 2.76. The van der Waals surface area contributed by atoms with E-state index in [4.69, 9.17) is 19.6 Å². The summed E-state index contributed by atoms with van der Waals surface area (Å²) >= 11 is 0. The molecule has 0 amide bonds. The number of ether oxygens (including phenoxy) is 1. The quantitative estimate of drug-likeness (QED) is 0.381. The maximum atomic E-state index is 12.0. The van der Waals surface area contributed by atoms with E-state index in [2.05, 4.69) is 4.98 Å². The molecule has 11 heteroatoms. The zero-order valence-electron chi connectivity index (χ0n) is 15.0. The normalized spacial score (nSPS) is 22.2. The fourth-order valence-electron chi connectivity index (χ4n) is 3.45. The van der Waals surface area contributed by atoms with Gasteiger partial charge in [-0.25, -0.2) is 9.59 Å². The Morgan fingerprint density at radius 3 is 2.52 bits per heavy atom. The number of carboxylic acid groups (broad SMARTS) is 1. The van der Waals surface area contributed by atoms with E-state index in [1.165, 1.54) is 10.8 Å². The Labute approximate surface area is 155 Å². The van der Waals surface area contributed by atoms with Crippen LogP contribution in [0.5, 0.6) is 0 Å². The third kappa shape index (κ3) is 5.87. The highest BCUT2D eigenvalue weighted by Crippen LogP contribution is 2.42. The van der Waals surface area contributed by atoms with Gasteiger partial charge in [0.1, 0.15) is 0 Å². The molecule has 10 nitrogen and oxygen atoms in total. The van der Waals surface area contributed by atoms with Gasteiger partial charge in [0.2, 0.25) is 0 Å². The summed E-state index contributed by atoms with van der Waals surface area (Å²) in [5.74, 6) is -4.10. The number of aromatic amines is 1. The van der Waals surface area contributed by atoms with Crippen LogP contribution in [0.25, 0.3) is 0 Å². The van der Waals surface area contributed by atoms with Crippen LogP contribution in [0.2, 0.25) is 0 Å². The SMILES string of the molecule is Cc1cn(CC2CCCCCC2COC(C(=O)O)P(=O)(O)O)c(=O)[nH]c1=O. The number of H-pyrrole nitrogens is 1. The predicted octanol–water partition coefficient (Wildman–Crippen LogP) is 0.647. The highest BCUT2D eigenvalue weighted by atomic mass is 31.2. The molecule has 27 heavy (non-hydrogen) atoms. The van der Waals surface area contributed by atoms with Gasteiger partial charge in [-0.1, -0.05) is 19.3 Å². The van der Waals surface area contributed by atoms with E-state index in [0.29, 0.717) is 18.5 Å². The topological polar surface area (TPSA) is 159 Å². The lowest BCUT2D eigenvalue weighted by atomic mass is 9.88. The molecule has 4 N–H and O–H groups in total. The molecule has 1 aromatic rings. The summed E-state index contributed by atoms with van der Waals surface area (Å²) in [6.45, 7) is 1.79. The van der Waals surface area contributed by atoms with Gasteiger partial charge in [-0.15, -0.1) is 0 Å². The van der Waals surface area contributed by atoms with Crippen molar-refractivity contribution in [2.75, 3.05) is 6.61 Å². The van der Waals surface area contributed by atoms with Crippen LogP contribution < -0.4 is 11.2 Å². The Morgan fingerprint density at radius 2 is 1.93 bits per heavy atom. The van der Waals surface area contributed by atoms with E-state index >= 15 is 0 Å². The van der Waals surface area contributed by atoms with Crippen molar-refractivity contribution in [1.82, 2.24) is 9.55 Å². The summed E-state index contributed by atoms with van der Waals surface area (Å²) in [5.41, 5.74) is -0.556. The van der Waals surface area contributed by atoms with Crippen molar-refractivity contribution in [2.24, 2.45) is 11.8 Å². The molecular formula is C16H25N2O8P. The van der Waals surface area contributed by atoms with Crippen LogP contribution in [0.4, 0.5) is 0 Å². The number of carbonyl (C=O) groups is 1. The summed E-state index contributed by atoms with van der Waals surface area (Å²) in [6, 6.07) is 0. The molecule has 1 fully saturated rings. The molecule has 0 bridgehead atoms. The minimum Gasteiger partial charge on any atom is -0.479 e. The minimum atomic E-state index is -4.93. The molecule has 0 spiro atoms. The number of aromatic nitrogens is 2. The largest absolute Gasteiger partial charge is 0.479 e. The third-order valence-electron chi connectivity index (χ3n) is 4.92. The van der Waals surface area contributed by atoms with Crippen LogP contribution in [0.3, 0.4) is 0 Å². The van der Waals surface area contributed by atoms with Gasteiger partial charge in [0.05, 0.1) is 6.61 Å². The maximum absolute atomic E-state index is 12.0. The number of hydrogen-bond acceptors (Lipinski definition) is 5. The molecule has 152 valence electrons. The van der Waals surface area contributed by atoms with Gasteiger partial charge in [-0.2, -0.15) is 0 Å². The number of hydrogen-bond donors (Lipinski definition) is 4. The predicted molar refractivity (Wildman–Crippen MR) is 95.5 cm³/mol. The van der Waals surface area contributed by atoms with Gasteiger partial charge < -0.3 is 24.2 Å². The molecule has 1 saturated carbocycles. The van der Waals surface area contributed by atoms with Gasteiger partial charge in [0, 0.05) is 18.3 Å². The molecular weight excluding hydrogens is 379 g/mol. The second-order valence-corrected chi connectivity index (χ2v) is 8.64. The first-order chi connectivity index (χ1) is 12.6. The van der Waals surface area contributed by atoms with Crippen LogP contribution >= 0.6 is 7.60 Å². The lowest BCUT2D eigenvalue weighted by molar-refractivity contribution is -0.146. The number of aliphatic carboxylic acids is 1. The number of nitrogens with zero attached hydrogens (tertiary/aromatic N) is 1. The van der Waals surface area contributed by atoms with Crippen molar-refractivity contribution in [2.45, 2.75) is 51.4 Å². The van der Waals surface area contributed by atoms with E-state index in [-0.39, 0.29) is 18.4 Å². The van der Waals surface area contributed by atoms with Gasteiger partial charge in [0.25, 0.3) is 11.4 Å². The second kappa shape index (κ2) is 8.97. The van der Waals surface area contributed by atoms with E-state index < -0.39 is 30.7 Å². The van der Waals surface area contributed by atoms with E-state index in [1.807, 2.05) is 0 Å². The Hall–Kier alpha value is -1.74. The number of carboxylic acids is 1. The molecule has 3 unspecified atom stereocenters. The van der Waals surface area contributed by atoms with E-state index in [1.54, 1.807) is 6.92 Å². The first-order valence-corrected chi connectivity index (χ1v) is 10.5. The Kier molecular flexibility index (Phi) is 7.16. The Balaban J connectivity index is 2.17. The van der Waals surface area contributed by atoms with E-state index in [0.717, 1.165) is 25.7 Å². The maximum Gasteiger partial charge on any atom is 0.365 e. The lowest BCUT2D eigenvalue weighted by Gasteiger charge is -2.27. The zero-order chi connectivity index (χ0) is 20.2. The summed E-state index contributed by atoms with van der Waals surface area (Å²) in [5, 5.41) is 8.99. The van der Waals surface area contributed by atoms with Crippen molar-refractivity contribution < 1.29 is 29.0 Å².